The number of nitrogens with zero attached hydrogens (tertiary/aromatic N) is 2. The van der Waals surface area contributed by atoms with Crippen molar-refractivity contribution < 1.29 is 0 Å². The van der Waals surface area contributed by atoms with Crippen molar-refractivity contribution >= 4 is 0 Å². The molecule has 0 aliphatic heterocycles. The van der Waals surface area contributed by atoms with Crippen LogP contribution >= 0.6 is 0 Å². The average Bonchev–Trinajstić information content (AvgIpc) is 2.43. The minimum Gasteiger partial charge on any atom is -0.192 e. The molecular weight excluding hydrogens is 244 g/mol. The fourth-order valence-electron chi connectivity index (χ4n) is 2.47. The maximum atomic E-state index is 8.98. The zero-order valence-electron chi connectivity index (χ0n) is 11.8. The van der Waals surface area contributed by atoms with E-state index in [0.29, 0.717) is 11.1 Å². The zero-order valence-corrected chi connectivity index (χ0v) is 11.8. The zero-order chi connectivity index (χ0) is 14.5. The number of benzene rings is 2. The molecule has 0 aliphatic carbocycles. The van der Waals surface area contributed by atoms with Crippen LogP contribution in [0.5, 0.6) is 0 Å². The summed E-state index contributed by atoms with van der Waals surface area (Å²) >= 11 is 0. The van der Waals surface area contributed by atoms with Crippen molar-refractivity contribution in [2.24, 2.45) is 0 Å². The van der Waals surface area contributed by atoms with E-state index in [0.717, 1.165) is 18.4 Å². The van der Waals surface area contributed by atoms with Crippen LogP contribution in [0.15, 0.2) is 36.4 Å². The summed E-state index contributed by atoms with van der Waals surface area (Å²) in [4.78, 5) is 0. The Hall–Kier alpha value is -2.58. The van der Waals surface area contributed by atoms with Crippen LogP contribution in [0.1, 0.15) is 33.4 Å². The predicted molar refractivity (Wildman–Crippen MR) is 79.2 cm³/mol. The highest BCUT2D eigenvalue weighted by Crippen LogP contribution is 2.14. The van der Waals surface area contributed by atoms with Gasteiger partial charge in [-0.1, -0.05) is 29.3 Å². The summed E-state index contributed by atoms with van der Waals surface area (Å²) in [6.07, 6.45) is 1.76. The van der Waals surface area contributed by atoms with Gasteiger partial charge in [-0.15, -0.1) is 0 Å². The summed E-state index contributed by atoms with van der Waals surface area (Å²) in [5.41, 5.74) is 5.98. The second-order valence-corrected chi connectivity index (χ2v) is 5.14. The first-order valence-electron chi connectivity index (χ1n) is 6.62. The van der Waals surface area contributed by atoms with E-state index in [1.165, 1.54) is 16.7 Å². The molecule has 0 unspecified atom stereocenters. The van der Waals surface area contributed by atoms with Crippen LogP contribution in [0, 0.1) is 36.5 Å². The molecule has 20 heavy (non-hydrogen) atoms. The van der Waals surface area contributed by atoms with Crippen LogP contribution in [0.2, 0.25) is 0 Å². The maximum absolute atomic E-state index is 8.98. The Kier molecular flexibility index (Phi) is 4.18. The Labute approximate surface area is 119 Å². The van der Waals surface area contributed by atoms with Crippen molar-refractivity contribution in [3.8, 4) is 12.1 Å². The summed E-state index contributed by atoms with van der Waals surface area (Å²) in [5.74, 6) is 0. The molecule has 0 saturated heterocycles. The Morgan fingerprint density at radius 1 is 0.700 bits per heavy atom. The Bertz CT molecular complexity index is 663. The van der Waals surface area contributed by atoms with Crippen molar-refractivity contribution in [3.63, 3.8) is 0 Å². The molecule has 0 spiro atoms. The Morgan fingerprint density at radius 3 is 1.60 bits per heavy atom. The molecule has 0 bridgehead atoms. The molecule has 0 saturated carbocycles. The van der Waals surface area contributed by atoms with E-state index in [2.05, 4.69) is 44.2 Å². The van der Waals surface area contributed by atoms with Crippen LogP contribution in [-0.4, -0.2) is 0 Å². The molecule has 2 aromatic carbocycles. The minimum atomic E-state index is 0.555. The molecule has 0 aromatic heterocycles. The van der Waals surface area contributed by atoms with Crippen LogP contribution in [-0.2, 0) is 12.8 Å². The number of hydrogen-bond donors (Lipinski definition) is 0. The van der Waals surface area contributed by atoms with Gasteiger partial charge in [0.1, 0.15) is 0 Å². The van der Waals surface area contributed by atoms with Gasteiger partial charge in [-0.05, 0) is 56.0 Å². The van der Waals surface area contributed by atoms with Gasteiger partial charge in [0.2, 0.25) is 0 Å². The number of hydrogen-bond acceptors (Lipinski definition) is 2. The third-order valence-corrected chi connectivity index (χ3v) is 3.23. The normalized spacial score (nSPS) is 9.80. The highest BCUT2D eigenvalue weighted by atomic mass is 14.3. The van der Waals surface area contributed by atoms with Crippen LogP contribution in [0.4, 0.5) is 0 Å². The van der Waals surface area contributed by atoms with E-state index in [9.17, 15) is 0 Å². The largest absolute Gasteiger partial charge is 0.192 e. The lowest BCUT2D eigenvalue weighted by atomic mass is 9.98. The van der Waals surface area contributed by atoms with E-state index in [1.807, 2.05) is 12.1 Å². The van der Waals surface area contributed by atoms with Crippen LogP contribution in [0.25, 0.3) is 0 Å². The van der Waals surface area contributed by atoms with E-state index < -0.39 is 0 Å². The molecule has 0 amide bonds. The summed E-state index contributed by atoms with van der Waals surface area (Å²) in [5, 5.41) is 18.0. The molecule has 0 radical (unpaired) electrons. The molecule has 0 N–H and O–H groups in total. The van der Waals surface area contributed by atoms with Gasteiger partial charge in [-0.2, -0.15) is 10.5 Å². The third kappa shape index (κ3) is 3.46. The molecule has 0 fully saturated rings. The van der Waals surface area contributed by atoms with Crippen molar-refractivity contribution in [2.45, 2.75) is 26.7 Å². The second kappa shape index (κ2) is 6.04. The molecule has 0 heterocycles. The predicted octanol–water partition coefficient (Wildman–Crippen LogP) is 3.83. The average molecular weight is 260 g/mol. The molecule has 98 valence electrons. The van der Waals surface area contributed by atoms with Gasteiger partial charge < -0.3 is 0 Å². The van der Waals surface area contributed by atoms with Gasteiger partial charge in [0, 0.05) is 0 Å². The second-order valence-electron chi connectivity index (χ2n) is 5.14. The molecule has 2 nitrogen and oxygen atoms in total. The van der Waals surface area contributed by atoms with Crippen molar-refractivity contribution in [3.05, 3.63) is 69.8 Å². The molecule has 2 aromatic rings. The van der Waals surface area contributed by atoms with Gasteiger partial charge in [0.05, 0.1) is 23.3 Å². The molecule has 2 heteroatoms. The Morgan fingerprint density at radius 2 is 1.15 bits per heavy atom. The monoisotopic (exact) mass is 260 g/mol. The first-order valence-corrected chi connectivity index (χ1v) is 6.62. The summed E-state index contributed by atoms with van der Waals surface area (Å²) in [7, 11) is 0. The maximum Gasteiger partial charge on any atom is 0.0992 e. The molecular formula is C18H16N2. The van der Waals surface area contributed by atoms with E-state index in [1.54, 1.807) is 6.07 Å². The highest BCUT2D eigenvalue weighted by Gasteiger charge is 2.02. The lowest BCUT2D eigenvalue weighted by molar-refractivity contribution is 0.954. The lowest BCUT2D eigenvalue weighted by Crippen LogP contribution is -1.95. The van der Waals surface area contributed by atoms with Gasteiger partial charge >= 0.3 is 0 Å². The topological polar surface area (TPSA) is 47.6 Å². The fraction of sp³-hybridized carbons (Fsp3) is 0.222. The smallest absolute Gasteiger partial charge is 0.0992 e. The van der Waals surface area contributed by atoms with E-state index in [-0.39, 0.29) is 0 Å². The standard InChI is InChI=1S/C18H16N2/c1-13-5-14(2)7-15(6-13)3-4-16-8-17(11-19)10-18(9-16)12-20/h5-10H,3-4H2,1-2H3. The molecule has 0 atom stereocenters. The summed E-state index contributed by atoms with van der Waals surface area (Å²) in [6.45, 7) is 4.20. The van der Waals surface area contributed by atoms with Crippen molar-refractivity contribution in [1.82, 2.24) is 0 Å². The van der Waals surface area contributed by atoms with Gasteiger partial charge in [-0.25, -0.2) is 0 Å². The fourth-order valence-corrected chi connectivity index (χ4v) is 2.47. The number of nitriles is 2. The first-order chi connectivity index (χ1) is 9.60. The lowest BCUT2D eigenvalue weighted by Gasteiger charge is -2.06. The van der Waals surface area contributed by atoms with Crippen molar-refractivity contribution in [1.29, 1.82) is 10.5 Å². The Balaban J connectivity index is 2.19. The quantitative estimate of drug-likeness (QED) is 0.842. The van der Waals surface area contributed by atoms with Crippen LogP contribution in [0.3, 0.4) is 0 Å². The van der Waals surface area contributed by atoms with Gasteiger partial charge in [-0.3, -0.25) is 0 Å². The molecule has 2 rings (SSSR count). The van der Waals surface area contributed by atoms with E-state index >= 15 is 0 Å². The van der Waals surface area contributed by atoms with Gasteiger partial charge in [0.25, 0.3) is 0 Å². The van der Waals surface area contributed by atoms with Crippen LogP contribution < -0.4 is 0 Å². The SMILES string of the molecule is Cc1cc(C)cc(CCc2cc(C#N)cc(C#N)c2)c1. The first kappa shape index (κ1) is 13.8. The van der Waals surface area contributed by atoms with E-state index in [4.69, 9.17) is 10.5 Å². The summed E-state index contributed by atoms with van der Waals surface area (Å²) < 4.78 is 0. The highest BCUT2D eigenvalue weighted by molar-refractivity contribution is 5.43. The van der Waals surface area contributed by atoms with Crippen molar-refractivity contribution in [2.75, 3.05) is 0 Å². The summed E-state index contributed by atoms with van der Waals surface area (Å²) in [6, 6.07) is 16.1. The number of rotatable bonds is 3. The number of aryl methyl sites for hydroxylation is 4. The minimum absolute atomic E-state index is 0.555. The molecule has 0 aliphatic rings. The van der Waals surface area contributed by atoms with Gasteiger partial charge in [0.15, 0.2) is 0 Å². The third-order valence-electron chi connectivity index (χ3n) is 3.23.